The molecule has 2 aromatic heterocycles. The van der Waals surface area contributed by atoms with Gasteiger partial charge in [-0.1, -0.05) is 0 Å². The van der Waals surface area contributed by atoms with Gasteiger partial charge in [0.1, 0.15) is 15.9 Å². The van der Waals surface area contributed by atoms with Crippen molar-refractivity contribution < 1.29 is 4.74 Å². The summed E-state index contributed by atoms with van der Waals surface area (Å²) in [6, 6.07) is 3.91. The highest BCUT2D eigenvalue weighted by Crippen LogP contribution is 2.27. The van der Waals surface area contributed by atoms with Crippen molar-refractivity contribution in [2.75, 3.05) is 13.2 Å². The van der Waals surface area contributed by atoms with Gasteiger partial charge in [0.15, 0.2) is 5.65 Å². The Morgan fingerprint density at radius 1 is 1.44 bits per heavy atom. The highest BCUT2D eigenvalue weighted by Gasteiger charge is 2.23. The number of ether oxygens (including phenoxy) is 1. The summed E-state index contributed by atoms with van der Waals surface area (Å²) in [5.74, 6) is 1.50. The molecule has 3 heterocycles. The Kier molecular flexibility index (Phi) is 2.44. The first-order valence-corrected chi connectivity index (χ1v) is 6.11. The normalized spacial score (nSPS) is 20.8. The number of aryl methyl sites for hydroxylation is 1. The smallest absolute Gasteiger partial charge is 0.161 e. The molecule has 1 unspecified atom stereocenters. The van der Waals surface area contributed by atoms with Crippen LogP contribution in [0.3, 0.4) is 0 Å². The molecule has 1 fully saturated rings. The van der Waals surface area contributed by atoms with Crippen molar-refractivity contribution in [2.24, 2.45) is 7.05 Å². The number of hydrogen-bond acceptors (Lipinski definition) is 3. The zero-order valence-electron chi connectivity index (χ0n) is 8.98. The van der Waals surface area contributed by atoms with Gasteiger partial charge < -0.3 is 9.30 Å². The van der Waals surface area contributed by atoms with Gasteiger partial charge in [0.25, 0.3) is 0 Å². The summed E-state index contributed by atoms with van der Waals surface area (Å²) in [7, 11) is 2.02. The summed E-state index contributed by atoms with van der Waals surface area (Å²) in [4.78, 5) is 9.08. The molecule has 0 spiro atoms. The predicted molar refractivity (Wildman–Crippen MR) is 64.4 cm³/mol. The molecule has 16 heavy (non-hydrogen) atoms. The maximum atomic E-state index is 5.40. The zero-order chi connectivity index (χ0) is 11.1. The standard InChI is InChI=1S/C11H12BrN3O/c1-15-10(7-4-5-16-6-7)13-8-2-3-9(12)14-11(8)15/h2-3,7H,4-6H2,1H3. The molecule has 3 rings (SSSR count). The van der Waals surface area contributed by atoms with E-state index in [4.69, 9.17) is 4.74 Å². The van der Waals surface area contributed by atoms with Crippen LogP contribution in [0.25, 0.3) is 11.2 Å². The van der Waals surface area contributed by atoms with Crippen LogP contribution in [-0.2, 0) is 11.8 Å². The molecule has 0 aliphatic carbocycles. The van der Waals surface area contributed by atoms with Crippen LogP contribution in [0.5, 0.6) is 0 Å². The van der Waals surface area contributed by atoms with E-state index in [2.05, 4.69) is 30.5 Å². The minimum atomic E-state index is 0.415. The van der Waals surface area contributed by atoms with E-state index in [-0.39, 0.29) is 0 Å². The molecule has 1 aliphatic heterocycles. The molecule has 5 heteroatoms. The predicted octanol–water partition coefficient (Wildman–Crippen LogP) is 2.23. The van der Waals surface area contributed by atoms with E-state index < -0.39 is 0 Å². The Morgan fingerprint density at radius 2 is 2.31 bits per heavy atom. The third-order valence-electron chi connectivity index (χ3n) is 3.01. The lowest BCUT2D eigenvalue weighted by atomic mass is 10.1. The van der Waals surface area contributed by atoms with Crippen molar-refractivity contribution in [3.05, 3.63) is 22.6 Å². The second kappa shape index (κ2) is 3.82. The average molecular weight is 282 g/mol. The largest absolute Gasteiger partial charge is 0.381 e. The van der Waals surface area contributed by atoms with Gasteiger partial charge in [-0.15, -0.1) is 0 Å². The number of halogens is 1. The summed E-state index contributed by atoms with van der Waals surface area (Å²) in [6.07, 6.45) is 1.05. The quantitative estimate of drug-likeness (QED) is 0.753. The Hall–Kier alpha value is -0.940. The second-order valence-electron chi connectivity index (χ2n) is 4.07. The highest BCUT2D eigenvalue weighted by atomic mass is 79.9. The van der Waals surface area contributed by atoms with Crippen molar-refractivity contribution in [3.63, 3.8) is 0 Å². The van der Waals surface area contributed by atoms with E-state index in [0.29, 0.717) is 5.92 Å². The maximum Gasteiger partial charge on any atom is 0.161 e. The van der Waals surface area contributed by atoms with Gasteiger partial charge >= 0.3 is 0 Å². The van der Waals surface area contributed by atoms with Crippen molar-refractivity contribution in [1.29, 1.82) is 0 Å². The van der Waals surface area contributed by atoms with Crippen molar-refractivity contribution >= 4 is 27.1 Å². The van der Waals surface area contributed by atoms with Gasteiger partial charge in [0.2, 0.25) is 0 Å². The molecule has 1 saturated heterocycles. The minimum Gasteiger partial charge on any atom is -0.381 e. The average Bonchev–Trinajstić information content (AvgIpc) is 2.87. The topological polar surface area (TPSA) is 39.9 Å². The molecule has 0 aromatic carbocycles. The molecule has 0 bridgehead atoms. The van der Waals surface area contributed by atoms with E-state index in [1.54, 1.807) is 0 Å². The third-order valence-corrected chi connectivity index (χ3v) is 3.45. The lowest BCUT2D eigenvalue weighted by Crippen LogP contribution is -2.06. The van der Waals surface area contributed by atoms with Crippen LogP contribution in [0.2, 0.25) is 0 Å². The van der Waals surface area contributed by atoms with Gasteiger partial charge in [0, 0.05) is 19.6 Å². The molecule has 0 saturated carbocycles. The van der Waals surface area contributed by atoms with Gasteiger partial charge in [-0.05, 0) is 34.5 Å². The maximum absolute atomic E-state index is 5.40. The van der Waals surface area contributed by atoms with E-state index in [9.17, 15) is 0 Å². The first-order valence-electron chi connectivity index (χ1n) is 5.32. The molecule has 2 aromatic rings. The molecular formula is C11H12BrN3O. The molecular weight excluding hydrogens is 270 g/mol. The van der Waals surface area contributed by atoms with E-state index >= 15 is 0 Å². The van der Waals surface area contributed by atoms with Gasteiger partial charge in [-0.3, -0.25) is 0 Å². The second-order valence-corrected chi connectivity index (χ2v) is 4.88. The lowest BCUT2D eigenvalue weighted by Gasteiger charge is -2.06. The van der Waals surface area contributed by atoms with E-state index in [0.717, 1.165) is 41.2 Å². The van der Waals surface area contributed by atoms with Crippen molar-refractivity contribution in [3.8, 4) is 0 Å². The zero-order valence-corrected chi connectivity index (χ0v) is 10.6. The summed E-state index contributed by atoms with van der Waals surface area (Å²) in [5, 5.41) is 0. The van der Waals surface area contributed by atoms with Crippen LogP contribution in [0.15, 0.2) is 16.7 Å². The summed E-state index contributed by atoms with van der Waals surface area (Å²) in [6.45, 7) is 1.61. The molecule has 1 atom stereocenters. The fourth-order valence-corrected chi connectivity index (χ4v) is 2.46. The highest BCUT2D eigenvalue weighted by molar-refractivity contribution is 9.10. The number of imidazole rings is 1. The van der Waals surface area contributed by atoms with Crippen LogP contribution >= 0.6 is 15.9 Å². The lowest BCUT2D eigenvalue weighted by molar-refractivity contribution is 0.193. The summed E-state index contributed by atoms with van der Waals surface area (Å²) >= 11 is 3.38. The van der Waals surface area contributed by atoms with Crippen molar-refractivity contribution in [2.45, 2.75) is 12.3 Å². The SMILES string of the molecule is Cn1c(C2CCOC2)nc2ccc(Br)nc21. The summed E-state index contributed by atoms with van der Waals surface area (Å²) < 4.78 is 8.32. The first-order chi connectivity index (χ1) is 7.75. The van der Waals surface area contributed by atoms with E-state index in [1.807, 2.05) is 19.2 Å². The third kappa shape index (κ3) is 1.55. The van der Waals surface area contributed by atoms with Gasteiger partial charge in [-0.25, -0.2) is 9.97 Å². The molecule has 0 amide bonds. The molecule has 84 valence electrons. The minimum absolute atomic E-state index is 0.415. The van der Waals surface area contributed by atoms with Crippen LogP contribution < -0.4 is 0 Å². The molecule has 4 nitrogen and oxygen atoms in total. The van der Waals surface area contributed by atoms with Crippen LogP contribution in [0.1, 0.15) is 18.2 Å². The number of rotatable bonds is 1. The monoisotopic (exact) mass is 281 g/mol. The number of fused-ring (bicyclic) bond motifs is 1. The van der Waals surface area contributed by atoms with Crippen LogP contribution in [0.4, 0.5) is 0 Å². The molecule has 0 N–H and O–H groups in total. The van der Waals surface area contributed by atoms with Crippen molar-refractivity contribution in [1.82, 2.24) is 14.5 Å². The van der Waals surface area contributed by atoms with E-state index in [1.165, 1.54) is 0 Å². The molecule has 0 radical (unpaired) electrons. The summed E-state index contributed by atoms with van der Waals surface area (Å²) in [5.41, 5.74) is 1.88. The fourth-order valence-electron chi connectivity index (χ4n) is 2.16. The Morgan fingerprint density at radius 3 is 3.06 bits per heavy atom. The molecule has 1 aliphatic rings. The number of aromatic nitrogens is 3. The van der Waals surface area contributed by atoms with Crippen LogP contribution in [0, 0.1) is 0 Å². The van der Waals surface area contributed by atoms with Gasteiger partial charge in [0.05, 0.1) is 6.61 Å². The number of nitrogens with zero attached hydrogens (tertiary/aromatic N) is 3. The Balaban J connectivity index is 2.15. The Bertz CT molecular complexity index is 531. The number of pyridine rings is 1. The fraction of sp³-hybridized carbons (Fsp3) is 0.455. The van der Waals surface area contributed by atoms with Crippen LogP contribution in [-0.4, -0.2) is 27.7 Å². The Labute approximate surface area is 102 Å². The number of hydrogen-bond donors (Lipinski definition) is 0. The first kappa shape index (κ1) is 10.2. The van der Waals surface area contributed by atoms with Gasteiger partial charge in [-0.2, -0.15) is 0 Å².